The van der Waals surface area contributed by atoms with Gasteiger partial charge in [0.1, 0.15) is 11.5 Å². The summed E-state index contributed by atoms with van der Waals surface area (Å²) in [6, 6.07) is 10.3. The van der Waals surface area contributed by atoms with Gasteiger partial charge in [0.2, 0.25) is 0 Å². The van der Waals surface area contributed by atoms with Gasteiger partial charge in [-0.2, -0.15) is 0 Å². The van der Waals surface area contributed by atoms with Crippen LogP contribution in [0.3, 0.4) is 0 Å². The first kappa shape index (κ1) is 17.0. The molecule has 1 N–H and O–H groups in total. The number of hydrogen-bond acceptors (Lipinski definition) is 4. The molecule has 0 bridgehead atoms. The molecular formula is C17H16BrNO4. The van der Waals surface area contributed by atoms with Crippen molar-refractivity contribution < 1.29 is 19.1 Å². The highest BCUT2D eigenvalue weighted by Crippen LogP contribution is 2.23. The average Bonchev–Trinajstić information content (AvgIpc) is 2.56. The first-order valence-electron chi connectivity index (χ1n) is 6.85. The Bertz CT molecular complexity index is 731. The summed E-state index contributed by atoms with van der Waals surface area (Å²) in [6.07, 6.45) is 0.661. The van der Waals surface area contributed by atoms with Gasteiger partial charge < -0.3 is 14.8 Å². The Balaban J connectivity index is 1.98. The van der Waals surface area contributed by atoms with Crippen LogP contribution in [0, 0.1) is 6.92 Å². The van der Waals surface area contributed by atoms with E-state index in [9.17, 15) is 9.59 Å². The molecule has 0 atom stereocenters. The molecule has 0 unspecified atom stereocenters. The van der Waals surface area contributed by atoms with Gasteiger partial charge in [0.15, 0.2) is 12.9 Å². The van der Waals surface area contributed by atoms with Crippen LogP contribution < -0.4 is 14.8 Å². The lowest BCUT2D eigenvalue weighted by Crippen LogP contribution is -2.20. The molecule has 120 valence electrons. The molecule has 0 heterocycles. The number of anilines is 1. The number of ether oxygens (including phenoxy) is 2. The zero-order valence-electron chi connectivity index (χ0n) is 12.8. The number of amides is 1. The lowest BCUT2D eigenvalue weighted by atomic mass is 10.2. The summed E-state index contributed by atoms with van der Waals surface area (Å²) >= 11 is 3.40. The van der Waals surface area contributed by atoms with E-state index in [1.54, 1.807) is 24.3 Å². The molecule has 0 fully saturated rings. The number of hydrogen-bond donors (Lipinski definition) is 1. The van der Waals surface area contributed by atoms with Crippen molar-refractivity contribution in [1.29, 1.82) is 0 Å². The Hall–Kier alpha value is -2.34. The van der Waals surface area contributed by atoms with E-state index in [-0.39, 0.29) is 12.5 Å². The van der Waals surface area contributed by atoms with E-state index in [4.69, 9.17) is 9.47 Å². The molecule has 0 aliphatic rings. The van der Waals surface area contributed by atoms with E-state index in [0.717, 1.165) is 10.0 Å². The first-order valence-corrected chi connectivity index (χ1v) is 7.65. The summed E-state index contributed by atoms with van der Waals surface area (Å²) in [5.74, 6) is 0.580. The van der Waals surface area contributed by atoms with E-state index in [2.05, 4.69) is 21.2 Å². The van der Waals surface area contributed by atoms with Gasteiger partial charge in [0.05, 0.1) is 12.7 Å². The predicted octanol–water partition coefficient (Wildman–Crippen LogP) is 3.60. The summed E-state index contributed by atoms with van der Waals surface area (Å²) in [7, 11) is 1.51. The minimum atomic E-state index is -0.306. The summed E-state index contributed by atoms with van der Waals surface area (Å²) in [5.41, 5.74) is 2.03. The van der Waals surface area contributed by atoms with Gasteiger partial charge >= 0.3 is 0 Å². The number of nitrogens with one attached hydrogen (secondary N) is 1. The average molecular weight is 378 g/mol. The van der Waals surface area contributed by atoms with Gasteiger partial charge in [-0.25, -0.2) is 0 Å². The van der Waals surface area contributed by atoms with Gasteiger partial charge in [0, 0.05) is 10.2 Å². The second-order valence-electron chi connectivity index (χ2n) is 4.82. The van der Waals surface area contributed by atoms with Gasteiger partial charge in [-0.05, 0) is 48.9 Å². The molecular weight excluding hydrogens is 362 g/mol. The van der Waals surface area contributed by atoms with E-state index in [1.165, 1.54) is 7.11 Å². The quantitative estimate of drug-likeness (QED) is 0.781. The molecule has 0 aromatic heterocycles. The zero-order valence-corrected chi connectivity index (χ0v) is 14.3. The van der Waals surface area contributed by atoms with Crippen molar-refractivity contribution in [3.8, 4) is 11.5 Å². The van der Waals surface area contributed by atoms with Crippen molar-refractivity contribution in [3.05, 3.63) is 52.0 Å². The van der Waals surface area contributed by atoms with E-state index < -0.39 is 0 Å². The first-order chi connectivity index (χ1) is 11.0. The van der Waals surface area contributed by atoms with Gasteiger partial charge in [-0.15, -0.1) is 0 Å². The monoisotopic (exact) mass is 377 g/mol. The van der Waals surface area contributed by atoms with Crippen LogP contribution in [-0.4, -0.2) is 25.9 Å². The number of aldehydes is 1. The maximum Gasteiger partial charge on any atom is 0.262 e. The number of benzene rings is 2. The molecule has 5 nitrogen and oxygen atoms in total. The molecule has 0 aliphatic carbocycles. The fourth-order valence-corrected chi connectivity index (χ4v) is 2.19. The topological polar surface area (TPSA) is 64.6 Å². The highest BCUT2D eigenvalue weighted by molar-refractivity contribution is 9.10. The van der Waals surface area contributed by atoms with Gasteiger partial charge in [-0.3, -0.25) is 9.59 Å². The summed E-state index contributed by atoms with van der Waals surface area (Å²) in [5, 5.41) is 2.74. The van der Waals surface area contributed by atoms with Gasteiger partial charge in [-0.1, -0.05) is 15.9 Å². The third kappa shape index (κ3) is 4.56. The van der Waals surface area contributed by atoms with Crippen LogP contribution in [0.4, 0.5) is 5.69 Å². The van der Waals surface area contributed by atoms with E-state index >= 15 is 0 Å². The summed E-state index contributed by atoms with van der Waals surface area (Å²) in [6.45, 7) is 1.74. The van der Waals surface area contributed by atoms with Crippen LogP contribution in [0.5, 0.6) is 11.5 Å². The summed E-state index contributed by atoms with van der Waals surface area (Å²) < 4.78 is 11.4. The Morgan fingerprint density at radius 1 is 1.26 bits per heavy atom. The zero-order chi connectivity index (χ0) is 16.8. The van der Waals surface area contributed by atoms with Crippen LogP contribution in [0.25, 0.3) is 0 Å². The molecule has 2 aromatic rings. The van der Waals surface area contributed by atoms with E-state index in [0.29, 0.717) is 29.0 Å². The molecule has 0 aliphatic heterocycles. The van der Waals surface area contributed by atoms with Gasteiger partial charge in [0.25, 0.3) is 5.91 Å². The molecule has 0 saturated heterocycles. The molecule has 2 aromatic carbocycles. The van der Waals surface area contributed by atoms with Crippen molar-refractivity contribution >= 4 is 33.8 Å². The molecule has 1 amide bonds. The molecule has 0 radical (unpaired) electrons. The van der Waals surface area contributed by atoms with Crippen molar-refractivity contribution in [2.24, 2.45) is 0 Å². The van der Waals surface area contributed by atoms with Crippen LogP contribution in [0.2, 0.25) is 0 Å². The van der Waals surface area contributed by atoms with Crippen LogP contribution in [0.15, 0.2) is 40.9 Å². The second-order valence-corrected chi connectivity index (χ2v) is 5.68. The highest BCUT2D eigenvalue weighted by Gasteiger charge is 2.09. The summed E-state index contributed by atoms with van der Waals surface area (Å²) in [4.78, 5) is 23.0. The molecule has 2 rings (SSSR count). The third-order valence-electron chi connectivity index (χ3n) is 3.14. The lowest BCUT2D eigenvalue weighted by molar-refractivity contribution is -0.118. The largest absolute Gasteiger partial charge is 0.497 e. The fourth-order valence-electron chi connectivity index (χ4n) is 1.94. The van der Waals surface area contributed by atoms with Crippen molar-refractivity contribution in [2.45, 2.75) is 6.92 Å². The van der Waals surface area contributed by atoms with Crippen LogP contribution in [0.1, 0.15) is 15.9 Å². The number of aryl methyl sites for hydroxylation is 1. The number of halogens is 1. The standard InChI is InChI=1S/C17H16BrNO4/c1-11-7-13(3-5-15(11)18)19-17(21)10-23-16-6-4-14(22-2)8-12(16)9-20/h3-9H,10H2,1-2H3,(H,19,21). The molecule has 23 heavy (non-hydrogen) atoms. The smallest absolute Gasteiger partial charge is 0.262 e. The normalized spacial score (nSPS) is 10.0. The number of carbonyl (C=O) groups is 2. The molecule has 0 saturated carbocycles. The molecule has 6 heteroatoms. The van der Waals surface area contributed by atoms with Crippen molar-refractivity contribution in [3.63, 3.8) is 0 Å². The Morgan fingerprint density at radius 3 is 2.70 bits per heavy atom. The maximum absolute atomic E-state index is 11.9. The molecule has 0 spiro atoms. The van der Waals surface area contributed by atoms with Crippen molar-refractivity contribution in [1.82, 2.24) is 0 Å². The second kappa shape index (κ2) is 7.78. The number of carbonyl (C=O) groups excluding carboxylic acids is 2. The Labute approximate surface area is 142 Å². The highest BCUT2D eigenvalue weighted by atomic mass is 79.9. The van der Waals surface area contributed by atoms with Crippen LogP contribution in [-0.2, 0) is 4.79 Å². The maximum atomic E-state index is 11.9. The minimum absolute atomic E-state index is 0.192. The third-order valence-corrected chi connectivity index (χ3v) is 4.03. The predicted molar refractivity (Wildman–Crippen MR) is 91.4 cm³/mol. The van der Waals surface area contributed by atoms with Crippen LogP contribution >= 0.6 is 15.9 Å². The fraction of sp³-hybridized carbons (Fsp3) is 0.176. The van der Waals surface area contributed by atoms with E-state index in [1.807, 2.05) is 19.1 Å². The lowest BCUT2D eigenvalue weighted by Gasteiger charge is -2.10. The SMILES string of the molecule is COc1ccc(OCC(=O)Nc2ccc(Br)c(C)c2)c(C=O)c1. The number of rotatable bonds is 6. The number of methoxy groups -OCH3 is 1. The Kier molecular flexibility index (Phi) is 5.76. The minimum Gasteiger partial charge on any atom is -0.497 e. The van der Waals surface area contributed by atoms with Crippen molar-refractivity contribution in [2.75, 3.05) is 19.0 Å². The Morgan fingerprint density at radius 2 is 2.04 bits per heavy atom.